The molecule has 100 valence electrons. The molecule has 0 saturated heterocycles. The molecule has 0 radical (unpaired) electrons. The number of nitrogens with one attached hydrogen (secondary N) is 1. The highest BCUT2D eigenvalue weighted by molar-refractivity contribution is 6.06. The van der Waals surface area contributed by atoms with Crippen LogP contribution in [0.25, 0.3) is 0 Å². The molecule has 0 aliphatic rings. The minimum absolute atomic E-state index is 0.166. The molecule has 4 heteroatoms. The monoisotopic (exact) mass is 258 g/mol. The van der Waals surface area contributed by atoms with E-state index in [1.165, 1.54) is 0 Å². The first-order chi connectivity index (χ1) is 8.91. The molecule has 0 bridgehead atoms. The van der Waals surface area contributed by atoms with E-state index < -0.39 is 0 Å². The Labute approximate surface area is 112 Å². The predicted octanol–water partition coefficient (Wildman–Crippen LogP) is 3.35. The number of carbonyl (C=O) groups excluding carboxylic acids is 1. The van der Waals surface area contributed by atoms with Crippen molar-refractivity contribution in [2.75, 3.05) is 11.1 Å². The number of furan rings is 1. The number of amides is 1. The number of aryl methyl sites for hydroxylation is 2. The Morgan fingerprint density at radius 1 is 1.11 bits per heavy atom. The molecule has 0 saturated carbocycles. The fraction of sp³-hybridized carbons (Fsp3) is 0.267. The Hall–Kier alpha value is -2.23. The van der Waals surface area contributed by atoms with Gasteiger partial charge in [0.15, 0.2) is 0 Å². The topological polar surface area (TPSA) is 68.3 Å². The van der Waals surface area contributed by atoms with Crippen molar-refractivity contribution in [3.05, 3.63) is 46.4 Å². The van der Waals surface area contributed by atoms with Gasteiger partial charge in [0.1, 0.15) is 11.5 Å². The summed E-state index contributed by atoms with van der Waals surface area (Å²) in [7, 11) is 0. The van der Waals surface area contributed by atoms with Crippen molar-refractivity contribution in [3.8, 4) is 0 Å². The SMILES string of the molecule is Cc1oc(C)c(C(=O)Nc2cccc(N)c2C)c1C. The van der Waals surface area contributed by atoms with Gasteiger partial charge in [0.25, 0.3) is 5.91 Å². The lowest BCUT2D eigenvalue weighted by Gasteiger charge is -2.10. The Morgan fingerprint density at radius 2 is 1.79 bits per heavy atom. The first kappa shape index (κ1) is 13.2. The molecule has 4 nitrogen and oxygen atoms in total. The van der Waals surface area contributed by atoms with Crippen LogP contribution in [0.5, 0.6) is 0 Å². The molecule has 0 unspecified atom stereocenters. The van der Waals surface area contributed by atoms with Crippen LogP contribution in [0.1, 0.15) is 33.0 Å². The quantitative estimate of drug-likeness (QED) is 0.812. The Balaban J connectivity index is 2.34. The first-order valence-corrected chi connectivity index (χ1v) is 6.15. The van der Waals surface area contributed by atoms with Gasteiger partial charge in [-0.3, -0.25) is 4.79 Å². The van der Waals surface area contributed by atoms with Crippen LogP contribution < -0.4 is 11.1 Å². The number of benzene rings is 1. The van der Waals surface area contributed by atoms with E-state index in [4.69, 9.17) is 10.2 Å². The van der Waals surface area contributed by atoms with Crippen molar-refractivity contribution in [2.45, 2.75) is 27.7 Å². The summed E-state index contributed by atoms with van der Waals surface area (Å²) in [5.41, 5.74) is 9.55. The van der Waals surface area contributed by atoms with E-state index in [9.17, 15) is 4.79 Å². The van der Waals surface area contributed by atoms with E-state index >= 15 is 0 Å². The number of anilines is 2. The van der Waals surface area contributed by atoms with Gasteiger partial charge in [-0.1, -0.05) is 6.07 Å². The third-order valence-electron chi connectivity index (χ3n) is 3.41. The first-order valence-electron chi connectivity index (χ1n) is 6.15. The van der Waals surface area contributed by atoms with E-state index in [2.05, 4.69) is 5.32 Å². The van der Waals surface area contributed by atoms with Gasteiger partial charge in [-0.15, -0.1) is 0 Å². The van der Waals surface area contributed by atoms with E-state index in [0.29, 0.717) is 17.0 Å². The molecule has 1 heterocycles. The highest BCUT2D eigenvalue weighted by Crippen LogP contribution is 2.24. The molecule has 0 aliphatic carbocycles. The normalized spacial score (nSPS) is 10.5. The maximum Gasteiger partial charge on any atom is 0.259 e. The molecular weight excluding hydrogens is 240 g/mol. The molecule has 2 aromatic rings. The van der Waals surface area contributed by atoms with Crippen molar-refractivity contribution in [2.24, 2.45) is 0 Å². The van der Waals surface area contributed by atoms with Gasteiger partial charge in [0, 0.05) is 16.9 Å². The number of rotatable bonds is 2. The summed E-state index contributed by atoms with van der Waals surface area (Å²) in [6.45, 7) is 7.41. The predicted molar refractivity (Wildman–Crippen MR) is 76.5 cm³/mol. The Bertz CT molecular complexity index is 642. The molecule has 0 fully saturated rings. The molecule has 0 spiro atoms. The lowest BCUT2D eigenvalue weighted by Crippen LogP contribution is -2.14. The number of hydrogen-bond donors (Lipinski definition) is 2. The van der Waals surface area contributed by atoms with Gasteiger partial charge in [-0.05, 0) is 45.4 Å². The lowest BCUT2D eigenvalue weighted by atomic mass is 10.1. The van der Waals surface area contributed by atoms with Crippen molar-refractivity contribution in [1.29, 1.82) is 0 Å². The summed E-state index contributed by atoms with van der Waals surface area (Å²) < 4.78 is 5.47. The molecule has 1 aromatic heterocycles. The third-order valence-corrected chi connectivity index (χ3v) is 3.41. The maximum atomic E-state index is 12.3. The average molecular weight is 258 g/mol. The Morgan fingerprint density at radius 3 is 2.37 bits per heavy atom. The molecule has 3 N–H and O–H groups in total. The Kier molecular flexibility index (Phi) is 3.34. The van der Waals surface area contributed by atoms with Gasteiger partial charge >= 0.3 is 0 Å². The van der Waals surface area contributed by atoms with Gasteiger partial charge in [0.2, 0.25) is 0 Å². The van der Waals surface area contributed by atoms with Crippen LogP contribution in [-0.2, 0) is 0 Å². The standard InChI is InChI=1S/C15H18N2O2/c1-8-10(3)19-11(4)14(8)15(18)17-13-7-5-6-12(16)9(13)2/h5-7H,16H2,1-4H3,(H,17,18). The summed E-state index contributed by atoms with van der Waals surface area (Å²) in [6.07, 6.45) is 0. The van der Waals surface area contributed by atoms with Gasteiger partial charge in [0.05, 0.1) is 5.56 Å². The van der Waals surface area contributed by atoms with Crippen LogP contribution in [0.15, 0.2) is 22.6 Å². The summed E-state index contributed by atoms with van der Waals surface area (Å²) >= 11 is 0. The summed E-state index contributed by atoms with van der Waals surface area (Å²) in [6, 6.07) is 5.46. The van der Waals surface area contributed by atoms with Crippen molar-refractivity contribution in [3.63, 3.8) is 0 Å². The minimum atomic E-state index is -0.166. The second-order valence-electron chi connectivity index (χ2n) is 4.69. The number of nitrogen functional groups attached to an aromatic ring is 1. The molecule has 1 aromatic carbocycles. The summed E-state index contributed by atoms with van der Waals surface area (Å²) in [4.78, 5) is 12.3. The molecule has 2 rings (SSSR count). The third kappa shape index (κ3) is 2.34. The summed E-state index contributed by atoms with van der Waals surface area (Å²) in [5.74, 6) is 1.24. The smallest absolute Gasteiger partial charge is 0.259 e. The van der Waals surface area contributed by atoms with Crippen molar-refractivity contribution >= 4 is 17.3 Å². The van der Waals surface area contributed by atoms with E-state index in [-0.39, 0.29) is 5.91 Å². The fourth-order valence-electron chi connectivity index (χ4n) is 2.10. The van der Waals surface area contributed by atoms with Crippen molar-refractivity contribution in [1.82, 2.24) is 0 Å². The van der Waals surface area contributed by atoms with Gasteiger partial charge in [-0.25, -0.2) is 0 Å². The molecular formula is C15H18N2O2. The molecule has 19 heavy (non-hydrogen) atoms. The zero-order chi connectivity index (χ0) is 14.2. The average Bonchev–Trinajstić information content (AvgIpc) is 2.59. The van der Waals surface area contributed by atoms with Crippen LogP contribution in [-0.4, -0.2) is 5.91 Å². The van der Waals surface area contributed by atoms with E-state index in [1.54, 1.807) is 6.92 Å². The maximum absolute atomic E-state index is 12.3. The molecule has 0 atom stereocenters. The van der Waals surface area contributed by atoms with E-state index in [1.807, 2.05) is 39.0 Å². The zero-order valence-corrected chi connectivity index (χ0v) is 11.6. The largest absolute Gasteiger partial charge is 0.466 e. The van der Waals surface area contributed by atoms with Crippen LogP contribution in [0.2, 0.25) is 0 Å². The highest BCUT2D eigenvalue weighted by atomic mass is 16.3. The number of nitrogens with two attached hydrogens (primary N) is 1. The highest BCUT2D eigenvalue weighted by Gasteiger charge is 2.19. The second-order valence-corrected chi connectivity index (χ2v) is 4.69. The number of hydrogen-bond acceptors (Lipinski definition) is 3. The van der Waals surface area contributed by atoms with Crippen LogP contribution in [0.3, 0.4) is 0 Å². The number of carbonyl (C=O) groups is 1. The zero-order valence-electron chi connectivity index (χ0n) is 11.6. The van der Waals surface area contributed by atoms with Crippen molar-refractivity contribution < 1.29 is 9.21 Å². The molecule has 0 aliphatic heterocycles. The van der Waals surface area contributed by atoms with Crippen LogP contribution >= 0.6 is 0 Å². The van der Waals surface area contributed by atoms with Crippen LogP contribution in [0.4, 0.5) is 11.4 Å². The lowest BCUT2D eigenvalue weighted by molar-refractivity contribution is 0.102. The second kappa shape index (κ2) is 4.80. The van der Waals surface area contributed by atoms with Crippen LogP contribution in [0, 0.1) is 27.7 Å². The van der Waals surface area contributed by atoms with Gasteiger partial charge < -0.3 is 15.5 Å². The summed E-state index contributed by atoms with van der Waals surface area (Å²) in [5, 5.41) is 2.88. The fourth-order valence-corrected chi connectivity index (χ4v) is 2.10. The van der Waals surface area contributed by atoms with E-state index in [0.717, 1.165) is 22.6 Å². The minimum Gasteiger partial charge on any atom is -0.466 e. The van der Waals surface area contributed by atoms with Gasteiger partial charge in [-0.2, -0.15) is 0 Å². The molecule has 1 amide bonds.